The Morgan fingerprint density at radius 2 is 1.38 bits per heavy atom. The molecule has 0 spiro atoms. The Kier molecular flexibility index (Phi) is 31.0. The van der Waals surface area contributed by atoms with Gasteiger partial charge in [0.15, 0.2) is 0 Å². The van der Waals surface area contributed by atoms with Crippen molar-refractivity contribution in [1.29, 1.82) is 0 Å². The standard InChI is InChI=1S/C4H10O.CH4O.Ti/c1-4(2)3-5;1-2;/h4-5H,3H2,1-2H3;2H,1H3;. The topological polar surface area (TPSA) is 40.5 Å². The third kappa shape index (κ3) is 30.3. The van der Waals surface area contributed by atoms with E-state index < -0.39 is 0 Å². The summed E-state index contributed by atoms with van der Waals surface area (Å²) in [6, 6.07) is 0. The van der Waals surface area contributed by atoms with Gasteiger partial charge in [-0.25, -0.2) is 0 Å². The average Bonchev–Trinajstić information content (AvgIpc) is 1.73. The van der Waals surface area contributed by atoms with E-state index in [0.717, 1.165) is 7.11 Å². The Hall–Kier alpha value is 0.634. The fourth-order valence-corrected chi connectivity index (χ4v) is 0. The van der Waals surface area contributed by atoms with E-state index in [9.17, 15) is 0 Å². The number of hydrogen-bond acceptors (Lipinski definition) is 2. The molecule has 0 aromatic rings. The second-order valence-corrected chi connectivity index (χ2v) is 1.58. The summed E-state index contributed by atoms with van der Waals surface area (Å²) in [6.07, 6.45) is 0. The number of aliphatic hydroxyl groups excluding tert-OH is 2. The van der Waals surface area contributed by atoms with E-state index in [4.69, 9.17) is 10.2 Å². The Balaban J connectivity index is -0.0000000750. The molecule has 0 aliphatic heterocycles. The Bertz CT molecular complexity index is 24.4. The Labute approximate surface area is 65.8 Å². The maximum absolute atomic E-state index is 8.14. The third-order valence-electron chi connectivity index (χ3n) is 0.365. The zero-order valence-corrected chi connectivity index (χ0v) is 7.24. The molecule has 2 N–H and O–H groups in total. The van der Waals surface area contributed by atoms with Crippen molar-refractivity contribution in [2.45, 2.75) is 13.8 Å². The number of rotatable bonds is 1. The zero-order chi connectivity index (χ0) is 6.28. The van der Waals surface area contributed by atoms with Crippen molar-refractivity contribution in [3.8, 4) is 0 Å². The van der Waals surface area contributed by atoms with Gasteiger partial charge in [0.1, 0.15) is 0 Å². The van der Waals surface area contributed by atoms with Crippen LogP contribution in [0, 0.1) is 5.92 Å². The normalized spacial score (nSPS) is 6.75. The molecular weight excluding hydrogens is 140 g/mol. The van der Waals surface area contributed by atoms with Crippen molar-refractivity contribution < 1.29 is 31.9 Å². The SMILES string of the molecule is CC(C)CO.CO.[Ti]. The third-order valence-corrected chi connectivity index (χ3v) is 0.365. The van der Waals surface area contributed by atoms with Crippen LogP contribution in [0.15, 0.2) is 0 Å². The molecule has 50 valence electrons. The van der Waals surface area contributed by atoms with Crippen LogP contribution in [0.4, 0.5) is 0 Å². The van der Waals surface area contributed by atoms with Gasteiger partial charge < -0.3 is 10.2 Å². The molecule has 0 radical (unpaired) electrons. The molecule has 0 aliphatic rings. The molecule has 0 unspecified atom stereocenters. The molecule has 8 heavy (non-hydrogen) atoms. The van der Waals surface area contributed by atoms with Crippen LogP contribution in [0.25, 0.3) is 0 Å². The first-order valence-electron chi connectivity index (χ1n) is 2.33. The molecule has 0 heterocycles. The van der Waals surface area contributed by atoms with Gasteiger partial charge in [0, 0.05) is 35.4 Å². The van der Waals surface area contributed by atoms with Crippen molar-refractivity contribution in [2.24, 2.45) is 5.92 Å². The summed E-state index contributed by atoms with van der Waals surface area (Å²) >= 11 is 0. The molecule has 0 amide bonds. The average molecular weight is 154 g/mol. The van der Waals surface area contributed by atoms with Gasteiger partial charge in [0.05, 0.1) is 0 Å². The zero-order valence-electron chi connectivity index (χ0n) is 5.68. The molecule has 2 nitrogen and oxygen atoms in total. The molecule has 0 rings (SSSR count). The summed E-state index contributed by atoms with van der Waals surface area (Å²) in [5.74, 6) is 0.440. The number of aliphatic hydroxyl groups is 2. The quantitative estimate of drug-likeness (QED) is 0.531. The van der Waals surface area contributed by atoms with Crippen LogP contribution in [0.1, 0.15) is 13.8 Å². The van der Waals surface area contributed by atoms with Crippen LogP contribution in [-0.4, -0.2) is 23.9 Å². The van der Waals surface area contributed by atoms with Gasteiger partial charge in [-0.3, -0.25) is 0 Å². The van der Waals surface area contributed by atoms with E-state index in [1.807, 2.05) is 13.8 Å². The molecule has 3 heteroatoms. The summed E-state index contributed by atoms with van der Waals surface area (Å²) in [5, 5.41) is 15.1. The fourth-order valence-electron chi connectivity index (χ4n) is 0. The minimum Gasteiger partial charge on any atom is -0.400 e. The maximum atomic E-state index is 8.14. The van der Waals surface area contributed by atoms with E-state index in [1.54, 1.807) is 0 Å². The van der Waals surface area contributed by atoms with Crippen molar-refractivity contribution >= 4 is 0 Å². The van der Waals surface area contributed by atoms with E-state index >= 15 is 0 Å². The molecule has 0 aromatic carbocycles. The van der Waals surface area contributed by atoms with Crippen LogP contribution in [-0.2, 0) is 21.7 Å². The maximum Gasteiger partial charge on any atom is 0.0453 e. The van der Waals surface area contributed by atoms with Crippen LogP contribution in [0.2, 0.25) is 0 Å². The van der Waals surface area contributed by atoms with Crippen molar-refractivity contribution in [1.82, 2.24) is 0 Å². The van der Waals surface area contributed by atoms with Crippen LogP contribution >= 0.6 is 0 Å². The molecule has 0 aromatic heterocycles. The molecule has 0 saturated carbocycles. The Morgan fingerprint density at radius 3 is 1.38 bits per heavy atom. The van der Waals surface area contributed by atoms with Gasteiger partial charge in [-0.2, -0.15) is 0 Å². The van der Waals surface area contributed by atoms with Crippen molar-refractivity contribution in [3.63, 3.8) is 0 Å². The van der Waals surface area contributed by atoms with Gasteiger partial charge in [0.2, 0.25) is 0 Å². The summed E-state index contributed by atoms with van der Waals surface area (Å²) < 4.78 is 0. The fraction of sp³-hybridized carbons (Fsp3) is 1.00. The largest absolute Gasteiger partial charge is 0.400 e. The first-order valence-corrected chi connectivity index (χ1v) is 2.33. The smallest absolute Gasteiger partial charge is 0.0453 e. The minimum absolute atomic E-state index is 0. The van der Waals surface area contributed by atoms with Crippen LogP contribution in [0.3, 0.4) is 0 Å². The van der Waals surface area contributed by atoms with Gasteiger partial charge >= 0.3 is 0 Å². The van der Waals surface area contributed by atoms with Crippen molar-refractivity contribution in [2.75, 3.05) is 13.7 Å². The van der Waals surface area contributed by atoms with Gasteiger partial charge in [-0.05, 0) is 5.92 Å². The molecule has 0 fully saturated rings. The molecule has 0 atom stereocenters. The van der Waals surface area contributed by atoms with E-state index in [2.05, 4.69) is 0 Å². The van der Waals surface area contributed by atoms with Crippen LogP contribution in [0.5, 0.6) is 0 Å². The van der Waals surface area contributed by atoms with Gasteiger partial charge in [-0.15, -0.1) is 0 Å². The monoisotopic (exact) mass is 154 g/mol. The van der Waals surface area contributed by atoms with Gasteiger partial charge in [-0.1, -0.05) is 13.8 Å². The van der Waals surface area contributed by atoms with Crippen molar-refractivity contribution in [3.05, 3.63) is 0 Å². The summed E-state index contributed by atoms with van der Waals surface area (Å²) in [5.41, 5.74) is 0. The van der Waals surface area contributed by atoms with Crippen LogP contribution < -0.4 is 0 Å². The summed E-state index contributed by atoms with van der Waals surface area (Å²) in [7, 11) is 1.00. The molecule has 0 aliphatic carbocycles. The first-order chi connectivity index (χ1) is 3.27. The van der Waals surface area contributed by atoms with E-state index in [-0.39, 0.29) is 21.7 Å². The second-order valence-electron chi connectivity index (χ2n) is 1.58. The van der Waals surface area contributed by atoms with Gasteiger partial charge in [0.25, 0.3) is 0 Å². The molecule has 0 saturated heterocycles. The second kappa shape index (κ2) is 15.6. The molecule has 0 bridgehead atoms. The van der Waals surface area contributed by atoms with E-state index in [0.29, 0.717) is 12.5 Å². The first kappa shape index (κ1) is 15.9. The summed E-state index contributed by atoms with van der Waals surface area (Å²) in [6.45, 7) is 4.25. The predicted octanol–water partition coefficient (Wildman–Crippen LogP) is 0.241. The number of hydrogen-bond donors (Lipinski definition) is 2. The molecular formula is C5H14O2Ti. The summed E-state index contributed by atoms with van der Waals surface area (Å²) in [4.78, 5) is 0. The minimum atomic E-state index is 0. The Morgan fingerprint density at radius 1 is 1.25 bits per heavy atom. The predicted molar refractivity (Wildman–Crippen MR) is 30.1 cm³/mol. The van der Waals surface area contributed by atoms with E-state index in [1.165, 1.54) is 0 Å².